The lowest BCUT2D eigenvalue weighted by atomic mass is 9.95. The first-order valence-corrected chi connectivity index (χ1v) is 28.6. The van der Waals surface area contributed by atoms with Crippen molar-refractivity contribution in [1.29, 1.82) is 0 Å². The van der Waals surface area contributed by atoms with Crippen molar-refractivity contribution in [3.63, 3.8) is 0 Å². The summed E-state index contributed by atoms with van der Waals surface area (Å²) in [5.41, 5.74) is -33.9. The van der Waals surface area contributed by atoms with E-state index in [0.29, 0.717) is 75.9 Å². The van der Waals surface area contributed by atoms with E-state index in [-0.39, 0.29) is 71.4 Å². The molecular weight excluding hydrogens is 1440 g/mol. The SMILES string of the molecule is FC(F)(F)c1cccc(-c2cc(-n3c4cc(-c5ccc(C(F)(F)F)cc5C(F)(F)F)ccc4c4ccc(-c5ccc(C(F)(F)F)cc5C(F)(F)F)cc43)c(C(F)(F)F)cc2-n2c3cc(-c4ccc(C(F)(F)F)cc4C(F)(F)F)ccc3c3ccc(-c4ccc(C(F)(F)F)cc4C(F)(F)F)cc32)c1. The average molecular weight is 1470 g/mol. The maximum Gasteiger partial charge on any atom is 0.418 e. The van der Waals surface area contributed by atoms with Gasteiger partial charge in [0.25, 0.3) is 0 Å². The van der Waals surface area contributed by atoms with Crippen molar-refractivity contribution in [2.45, 2.75) is 61.8 Å². The molecule has 2 aromatic heterocycles. The van der Waals surface area contributed by atoms with E-state index in [1.54, 1.807) is 0 Å². The zero-order valence-electron chi connectivity index (χ0n) is 49.6. The Labute approximate surface area is 549 Å². The minimum Gasteiger partial charge on any atom is -0.309 e. The Hall–Kier alpha value is -10.3. The molecule has 0 saturated carbocycles. The number of aromatic nitrogens is 2. The standard InChI is InChI=1S/C70H30F30N2/c71-61(72,73)36-3-1-2-31(20-36)49-29-60(102-57-23-34(43-18-10-39(64(80,81)82)27-52(43)68(92,93)94)6-14-47(57)48-15-7-35(24-58(48)102)44-19-11-40(65(83,84)85)28-53(44)69(95,96)97)54(70(98,99)100)30-59(49)101-55-21-32(41-16-8-37(62(74,75)76)25-50(41)66(86,87)88)4-12-45(55)46-13-5-33(22-56(46)101)42-17-9-38(63(77,78)79)26-51(42)67(89,90)91/h1-30H. The van der Waals surface area contributed by atoms with Crippen LogP contribution in [-0.2, 0) is 61.8 Å². The molecular formula is C70H30F30N2. The third kappa shape index (κ3) is 13.1. The van der Waals surface area contributed by atoms with Crippen LogP contribution in [0, 0.1) is 0 Å². The van der Waals surface area contributed by atoms with E-state index >= 15 is 13.2 Å². The molecule has 0 aliphatic rings. The van der Waals surface area contributed by atoms with E-state index in [4.69, 9.17) is 0 Å². The molecule has 12 aromatic rings. The Morgan fingerprint density at radius 2 is 0.422 bits per heavy atom. The third-order valence-electron chi connectivity index (χ3n) is 16.8. The molecule has 0 N–H and O–H groups in total. The predicted molar refractivity (Wildman–Crippen MR) is 312 cm³/mol. The van der Waals surface area contributed by atoms with E-state index in [2.05, 4.69) is 0 Å². The van der Waals surface area contributed by atoms with Crippen LogP contribution in [0.2, 0.25) is 0 Å². The van der Waals surface area contributed by atoms with Gasteiger partial charge in [-0.05, 0) is 147 Å². The van der Waals surface area contributed by atoms with Gasteiger partial charge < -0.3 is 9.13 Å². The minimum atomic E-state index is -5.99. The lowest BCUT2D eigenvalue weighted by molar-refractivity contribution is -0.144. The molecule has 0 amide bonds. The molecule has 102 heavy (non-hydrogen) atoms. The van der Waals surface area contributed by atoms with Crippen molar-refractivity contribution in [1.82, 2.24) is 9.13 Å². The largest absolute Gasteiger partial charge is 0.418 e. The molecule has 0 radical (unpaired) electrons. The molecule has 2 nitrogen and oxygen atoms in total. The Balaban J connectivity index is 1.27. The van der Waals surface area contributed by atoms with Crippen LogP contribution in [0.5, 0.6) is 0 Å². The molecule has 0 saturated heterocycles. The number of fused-ring (bicyclic) bond motifs is 6. The average Bonchev–Trinajstić information content (AvgIpc) is 1.55. The van der Waals surface area contributed by atoms with Crippen molar-refractivity contribution in [2.24, 2.45) is 0 Å². The second-order valence-corrected chi connectivity index (χ2v) is 23.1. The number of rotatable bonds is 7. The number of alkyl halides is 30. The van der Waals surface area contributed by atoms with Crippen molar-refractivity contribution in [2.75, 3.05) is 0 Å². The Morgan fingerprint density at radius 3 is 0.676 bits per heavy atom. The summed E-state index contributed by atoms with van der Waals surface area (Å²) < 4.78 is 445. The van der Waals surface area contributed by atoms with Gasteiger partial charge in [0.2, 0.25) is 0 Å². The van der Waals surface area contributed by atoms with E-state index in [9.17, 15) is 119 Å². The number of benzene rings is 10. The summed E-state index contributed by atoms with van der Waals surface area (Å²) in [4.78, 5) is 0. The molecule has 10 aromatic carbocycles. The molecule has 0 fully saturated rings. The quantitative estimate of drug-likeness (QED) is 0.141. The van der Waals surface area contributed by atoms with Gasteiger partial charge in [-0.25, -0.2) is 0 Å². The molecule has 0 bridgehead atoms. The van der Waals surface area contributed by atoms with Crippen molar-refractivity contribution in [3.05, 3.63) is 238 Å². The highest BCUT2D eigenvalue weighted by atomic mass is 19.4. The van der Waals surface area contributed by atoms with Crippen LogP contribution in [0.25, 0.3) is 111 Å². The molecule has 0 unspecified atom stereocenters. The number of nitrogens with zero attached hydrogens (tertiary/aromatic N) is 2. The van der Waals surface area contributed by atoms with Gasteiger partial charge in [-0.3, -0.25) is 0 Å². The van der Waals surface area contributed by atoms with Crippen LogP contribution >= 0.6 is 0 Å². The number of halogens is 30. The van der Waals surface area contributed by atoms with Crippen LogP contribution in [0.1, 0.15) is 55.6 Å². The zero-order valence-corrected chi connectivity index (χ0v) is 49.6. The smallest absolute Gasteiger partial charge is 0.309 e. The van der Waals surface area contributed by atoms with Crippen LogP contribution in [-0.4, -0.2) is 9.13 Å². The lowest BCUT2D eigenvalue weighted by Gasteiger charge is -2.23. The summed E-state index contributed by atoms with van der Waals surface area (Å²) in [6, 6.07) is 13.0. The first-order chi connectivity index (χ1) is 46.9. The monoisotopic (exact) mass is 1470 g/mol. The minimum absolute atomic E-state index is 0.0995. The van der Waals surface area contributed by atoms with E-state index in [1.807, 2.05) is 0 Å². The fourth-order valence-corrected chi connectivity index (χ4v) is 12.3. The second kappa shape index (κ2) is 23.6. The van der Waals surface area contributed by atoms with Crippen LogP contribution < -0.4 is 0 Å². The third-order valence-corrected chi connectivity index (χ3v) is 16.8. The van der Waals surface area contributed by atoms with E-state index in [0.717, 1.165) is 54.6 Å². The van der Waals surface area contributed by atoms with Gasteiger partial charge in [0.1, 0.15) is 0 Å². The Bertz CT molecular complexity index is 5100. The van der Waals surface area contributed by atoms with E-state index < -0.39 is 217 Å². The molecule has 12 rings (SSSR count). The molecule has 2 heterocycles. The highest BCUT2D eigenvalue weighted by molar-refractivity contribution is 6.13. The maximum absolute atomic E-state index is 16.9. The van der Waals surface area contributed by atoms with Crippen molar-refractivity contribution in [3.8, 4) is 67.0 Å². The molecule has 0 aliphatic heterocycles. The van der Waals surface area contributed by atoms with Gasteiger partial charge >= 0.3 is 61.8 Å². The maximum atomic E-state index is 16.9. The second-order valence-electron chi connectivity index (χ2n) is 23.1. The van der Waals surface area contributed by atoms with Crippen LogP contribution in [0.15, 0.2) is 182 Å². The van der Waals surface area contributed by atoms with Gasteiger partial charge in [0, 0.05) is 27.1 Å². The Kier molecular flexibility index (Phi) is 16.6. The molecule has 530 valence electrons. The fraction of sp³-hybridized carbons (Fsp3) is 0.143. The summed E-state index contributed by atoms with van der Waals surface area (Å²) in [6.45, 7) is 0. The Morgan fingerprint density at radius 1 is 0.176 bits per heavy atom. The summed E-state index contributed by atoms with van der Waals surface area (Å²) in [5.74, 6) is 0. The normalized spacial score (nSPS) is 13.6. The lowest BCUT2D eigenvalue weighted by Crippen LogP contribution is -2.14. The van der Waals surface area contributed by atoms with Gasteiger partial charge in [-0.15, -0.1) is 0 Å². The van der Waals surface area contributed by atoms with Gasteiger partial charge in [-0.2, -0.15) is 132 Å². The highest BCUT2D eigenvalue weighted by Crippen LogP contribution is 2.52. The highest BCUT2D eigenvalue weighted by Gasteiger charge is 2.45. The zero-order chi connectivity index (χ0) is 74.7. The van der Waals surface area contributed by atoms with Gasteiger partial charge in [0.05, 0.1) is 89.1 Å². The van der Waals surface area contributed by atoms with Crippen molar-refractivity contribution < 1.29 is 132 Å². The number of hydrogen-bond acceptors (Lipinski definition) is 0. The molecule has 32 heteroatoms. The van der Waals surface area contributed by atoms with Crippen LogP contribution in [0.4, 0.5) is 132 Å². The van der Waals surface area contributed by atoms with Crippen molar-refractivity contribution >= 4 is 43.6 Å². The summed E-state index contributed by atoms with van der Waals surface area (Å²) in [5, 5.41) is -1.48. The van der Waals surface area contributed by atoms with Crippen LogP contribution in [0.3, 0.4) is 0 Å². The van der Waals surface area contributed by atoms with Gasteiger partial charge in [0.15, 0.2) is 0 Å². The molecule has 0 aliphatic carbocycles. The summed E-state index contributed by atoms with van der Waals surface area (Å²) >= 11 is 0. The van der Waals surface area contributed by atoms with E-state index in [1.165, 1.54) is 0 Å². The molecule has 0 spiro atoms. The summed E-state index contributed by atoms with van der Waals surface area (Å²) in [7, 11) is 0. The predicted octanol–water partition coefficient (Wildman–Crippen LogP) is 26.4. The summed E-state index contributed by atoms with van der Waals surface area (Å²) in [6.07, 6.45) is -55.9. The first kappa shape index (κ1) is 71.5. The fourth-order valence-electron chi connectivity index (χ4n) is 12.3. The number of hydrogen-bond donors (Lipinski definition) is 0. The molecule has 0 atom stereocenters. The first-order valence-electron chi connectivity index (χ1n) is 28.6. The van der Waals surface area contributed by atoms with Gasteiger partial charge in [-0.1, -0.05) is 84.9 Å². The topological polar surface area (TPSA) is 9.86 Å².